The lowest BCUT2D eigenvalue weighted by atomic mass is 10.1. The van der Waals surface area contributed by atoms with Gasteiger partial charge in [0.05, 0.1) is 42.7 Å². The first kappa shape index (κ1) is 26.0. The predicted octanol–water partition coefficient (Wildman–Crippen LogP) is 3.74. The Morgan fingerprint density at radius 3 is 1.48 bits per heavy atom. The van der Waals surface area contributed by atoms with E-state index >= 15 is 0 Å². The van der Waals surface area contributed by atoms with Gasteiger partial charge in [-0.3, -0.25) is 4.79 Å². The Kier molecular flexibility index (Phi) is 9.96. The van der Waals surface area contributed by atoms with Crippen LogP contribution in [0.4, 0.5) is 0 Å². The molecule has 0 aliphatic rings. The summed E-state index contributed by atoms with van der Waals surface area (Å²) < 4.78 is 44.2. The van der Waals surface area contributed by atoms with Crippen LogP contribution in [0, 0.1) is 0 Å². The van der Waals surface area contributed by atoms with E-state index in [0.29, 0.717) is 45.6 Å². The van der Waals surface area contributed by atoms with Crippen molar-refractivity contribution in [2.24, 2.45) is 0 Å². The van der Waals surface area contributed by atoms with Crippen molar-refractivity contribution in [3.8, 4) is 34.5 Å². The van der Waals surface area contributed by atoms with Gasteiger partial charge in [-0.15, -0.1) is 0 Å². The molecule has 0 aliphatic carbocycles. The summed E-state index contributed by atoms with van der Waals surface area (Å²) in [5.41, 5.74) is 1.37. The monoisotopic (exact) mass is 476 g/mol. The van der Waals surface area contributed by atoms with Gasteiger partial charge >= 0.3 is 0 Å². The van der Waals surface area contributed by atoms with Gasteiger partial charge in [0, 0.05) is 0 Å². The second-order valence-electron chi connectivity index (χ2n) is 6.54. The standard InChI is InChI=1S/C24H28O8S/c1-27-19-11-16(12-20(28-2)23(19)31-5)7-8-18(25)15-33(26)10-9-17-13-21(29-3)24(32-6)22(14-17)30-4/h7-14H,15H2,1-6H3. The van der Waals surface area contributed by atoms with Crippen LogP contribution in [0.25, 0.3) is 12.2 Å². The van der Waals surface area contributed by atoms with Crippen molar-refractivity contribution in [2.45, 2.75) is 0 Å². The summed E-state index contributed by atoms with van der Waals surface area (Å²) >= 11 is -1.51. The molecular weight excluding hydrogens is 448 g/mol. The molecule has 0 aliphatic heterocycles. The smallest absolute Gasteiger partial charge is 0.205 e. The molecule has 0 radical (unpaired) electrons. The van der Waals surface area contributed by atoms with Crippen molar-refractivity contribution in [3.05, 3.63) is 46.9 Å². The first-order chi connectivity index (χ1) is 15.9. The Morgan fingerprint density at radius 2 is 1.12 bits per heavy atom. The van der Waals surface area contributed by atoms with Crippen molar-refractivity contribution >= 4 is 29.1 Å². The molecule has 0 fully saturated rings. The third-order valence-corrected chi connectivity index (χ3v) is 5.54. The summed E-state index contributed by atoms with van der Waals surface area (Å²) in [7, 11) is 9.09. The fourth-order valence-corrected chi connectivity index (χ4v) is 3.76. The maximum Gasteiger partial charge on any atom is 0.205 e. The topological polar surface area (TPSA) is 95.5 Å². The normalized spacial score (nSPS) is 12.0. The van der Waals surface area contributed by atoms with E-state index in [1.54, 1.807) is 36.4 Å². The molecule has 0 amide bonds. The van der Waals surface area contributed by atoms with E-state index in [-0.39, 0.29) is 11.5 Å². The molecule has 0 saturated carbocycles. The van der Waals surface area contributed by atoms with Crippen molar-refractivity contribution in [3.63, 3.8) is 0 Å². The Balaban J connectivity index is 2.09. The predicted molar refractivity (Wildman–Crippen MR) is 128 cm³/mol. The molecule has 0 N–H and O–H groups in total. The lowest BCUT2D eigenvalue weighted by molar-refractivity contribution is -0.112. The number of carbonyl (C=O) groups is 1. The first-order valence-corrected chi connectivity index (χ1v) is 11.1. The first-order valence-electron chi connectivity index (χ1n) is 9.77. The molecule has 0 spiro atoms. The van der Waals surface area contributed by atoms with Crippen molar-refractivity contribution in [1.82, 2.24) is 0 Å². The Morgan fingerprint density at radius 1 is 0.727 bits per heavy atom. The quantitative estimate of drug-likeness (QED) is 0.338. The molecule has 2 aromatic carbocycles. The van der Waals surface area contributed by atoms with Crippen LogP contribution in [0.1, 0.15) is 11.1 Å². The van der Waals surface area contributed by atoms with E-state index in [0.717, 1.165) is 0 Å². The molecular formula is C24H28O8S. The highest BCUT2D eigenvalue weighted by Gasteiger charge is 2.14. The van der Waals surface area contributed by atoms with Gasteiger partial charge in [-0.2, -0.15) is 0 Å². The number of hydrogen-bond acceptors (Lipinski definition) is 8. The maximum atomic E-state index is 12.4. The summed E-state index contributed by atoms with van der Waals surface area (Å²) in [5.74, 6) is 2.37. The van der Waals surface area contributed by atoms with Gasteiger partial charge in [-0.1, -0.05) is 6.08 Å². The molecule has 0 bridgehead atoms. The van der Waals surface area contributed by atoms with Crippen molar-refractivity contribution in [2.75, 3.05) is 48.4 Å². The minimum absolute atomic E-state index is 0.165. The molecule has 178 valence electrons. The van der Waals surface area contributed by atoms with Crippen molar-refractivity contribution in [1.29, 1.82) is 0 Å². The van der Waals surface area contributed by atoms with Crippen LogP contribution in [0.15, 0.2) is 35.7 Å². The number of rotatable bonds is 12. The summed E-state index contributed by atoms with van der Waals surface area (Å²) in [6, 6.07) is 6.88. The average Bonchev–Trinajstić information content (AvgIpc) is 2.84. The zero-order valence-electron chi connectivity index (χ0n) is 19.5. The fourth-order valence-electron chi connectivity index (χ4n) is 2.98. The molecule has 1 unspecified atom stereocenters. The summed E-state index contributed by atoms with van der Waals surface area (Å²) in [5, 5.41) is 1.45. The number of carbonyl (C=O) groups excluding carboxylic acids is 1. The fraction of sp³-hybridized carbons (Fsp3) is 0.292. The van der Waals surface area contributed by atoms with Gasteiger partial charge in [0.25, 0.3) is 0 Å². The second-order valence-corrected chi connectivity index (χ2v) is 7.87. The van der Waals surface area contributed by atoms with Crippen LogP contribution in [0.2, 0.25) is 0 Å². The number of hydrogen-bond donors (Lipinski definition) is 0. The number of methoxy groups -OCH3 is 6. The highest BCUT2D eigenvalue weighted by Crippen LogP contribution is 2.39. The third-order valence-electron chi connectivity index (χ3n) is 4.53. The number of allylic oxidation sites excluding steroid dienone is 1. The highest BCUT2D eigenvalue weighted by atomic mass is 32.2. The third kappa shape index (κ3) is 6.84. The minimum atomic E-state index is -1.51. The van der Waals surface area contributed by atoms with E-state index in [1.165, 1.54) is 54.1 Å². The van der Waals surface area contributed by atoms with Crippen LogP contribution in [0.5, 0.6) is 34.5 Å². The van der Waals surface area contributed by atoms with Crippen LogP contribution in [-0.4, -0.2) is 58.7 Å². The van der Waals surface area contributed by atoms with Gasteiger partial charge in [-0.25, -0.2) is 0 Å². The molecule has 8 nitrogen and oxygen atoms in total. The Labute approximate surface area is 196 Å². The SMILES string of the molecule is COc1cc(C=CC(=O)C[S+]([O-])C=Cc2cc(OC)c(OC)c(OC)c2)cc(OC)c1OC. The van der Waals surface area contributed by atoms with Crippen molar-refractivity contribution < 1.29 is 37.8 Å². The molecule has 9 heteroatoms. The zero-order chi connectivity index (χ0) is 24.4. The van der Waals surface area contributed by atoms with E-state index in [4.69, 9.17) is 28.4 Å². The van der Waals surface area contributed by atoms with Crippen LogP contribution < -0.4 is 28.4 Å². The van der Waals surface area contributed by atoms with Gasteiger partial charge in [-0.05, 0) is 58.7 Å². The largest absolute Gasteiger partial charge is 0.612 e. The Hall–Kier alpha value is -3.30. The molecule has 2 aromatic rings. The average molecular weight is 477 g/mol. The van der Waals surface area contributed by atoms with Crippen LogP contribution >= 0.6 is 0 Å². The molecule has 0 aromatic heterocycles. The molecule has 0 heterocycles. The van der Waals surface area contributed by atoms with E-state index in [1.807, 2.05) is 0 Å². The molecule has 0 saturated heterocycles. The molecule has 1 atom stereocenters. The lowest BCUT2D eigenvalue weighted by Gasteiger charge is -2.13. The van der Waals surface area contributed by atoms with E-state index < -0.39 is 11.2 Å². The molecule has 33 heavy (non-hydrogen) atoms. The zero-order valence-corrected chi connectivity index (χ0v) is 20.3. The highest BCUT2D eigenvalue weighted by molar-refractivity contribution is 7.95. The van der Waals surface area contributed by atoms with Crippen LogP contribution in [-0.2, 0) is 16.0 Å². The van der Waals surface area contributed by atoms with Gasteiger partial charge in [0.15, 0.2) is 28.8 Å². The minimum Gasteiger partial charge on any atom is -0.612 e. The Bertz CT molecular complexity index is 966. The van der Waals surface area contributed by atoms with Gasteiger partial charge in [0.1, 0.15) is 5.41 Å². The van der Waals surface area contributed by atoms with E-state index in [2.05, 4.69) is 0 Å². The van der Waals surface area contributed by atoms with Gasteiger partial charge < -0.3 is 33.0 Å². The summed E-state index contributed by atoms with van der Waals surface area (Å²) in [4.78, 5) is 12.3. The lowest BCUT2D eigenvalue weighted by Crippen LogP contribution is -2.11. The van der Waals surface area contributed by atoms with E-state index in [9.17, 15) is 9.35 Å². The second kappa shape index (κ2) is 12.7. The number of ketones is 1. The number of ether oxygens (including phenoxy) is 6. The molecule has 2 rings (SSSR count). The summed E-state index contributed by atoms with van der Waals surface area (Å²) in [6.07, 6.45) is 4.61. The summed E-state index contributed by atoms with van der Waals surface area (Å²) in [6.45, 7) is 0. The maximum absolute atomic E-state index is 12.4. The van der Waals surface area contributed by atoms with Gasteiger partial charge in [0.2, 0.25) is 17.3 Å². The number of benzene rings is 2. The van der Waals surface area contributed by atoms with Crippen LogP contribution in [0.3, 0.4) is 0 Å².